The van der Waals surface area contributed by atoms with E-state index < -0.39 is 0 Å². The van der Waals surface area contributed by atoms with Gasteiger partial charge >= 0.3 is 47.0 Å². The van der Waals surface area contributed by atoms with Gasteiger partial charge in [-0.2, -0.15) is 24.3 Å². The van der Waals surface area contributed by atoms with Crippen molar-refractivity contribution in [2.75, 3.05) is 0 Å². The molecule has 1 saturated heterocycles. The first-order chi connectivity index (χ1) is 15.1. The zero-order valence-electron chi connectivity index (χ0n) is 20.5. The van der Waals surface area contributed by atoms with Crippen LogP contribution in [0.2, 0.25) is 12.1 Å². The van der Waals surface area contributed by atoms with E-state index in [-0.39, 0.29) is 24.8 Å². The molecular formula is C29H36Cl2HfSi-2. The van der Waals surface area contributed by atoms with E-state index >= 15 is 0 Å². The normalized spacial score (nSPS) is 12.0. The van der Waals surface area contributed by atoms with E-state index in [9.17, 15) is 0 Å². The van der Waals surface area contributed by atoms with Gasteiger partial charge in [0.25, 0.3) is 0 Å². The summed E-state index contributed by atoms with van der Waals surface area (Å²) in [4.78, 5) is 0. The van der Waals surface area contributed by atoms with Crippen LogP contribution in [0.4, 0.5) is 0 Å². The summed E-state index contributed by atoms with van der Waals surface area (Å²) in [6.07, 6.45) is 6.09. The van der Waals surface area contributed by atoms with Crippen molar-refractivity contribution in [2.45, 2.75) is 71.9 Å². The van der Waals surface area contributed by atoms with E-state index in [2.05, 4.69) is 88.4 Å². The van der Waals surface area contributed by atoms with Gasteiger partial charge in [-0.25, -0.2) is 0 Å². The molecule has 0 radical (unpaired) electrons. The Morgan fingerprint density at radius 3 is 1.24 bits per heavy atom. The Bertz CT molecular complexity index is 975. The first-order valence-electron chi connectivity index (χ1n) is 12.0. The monoisotopic (exact) mass is 662 g/mol. The van der Waals surface area contributed by atoms with Gasteiger partial charge in [0, 0.05) is 0 Å². The predicted octanol–water partition coefficient (Wildman–Crippen LogP) is 2.30. The second-order valence-corrected chi connectivity index (χ2v) is 18.2. The standard InChI is InChI=1S/2C13H15.C3H6Si.2ClH.Hf/c2*1-3-10-8-9-11(4-2)13-7-5-6-12(10)13;1-2-4-3-1;;;/h2*5-9H,3-4H2,1-2H3;1-3H2;2*1H;/q2*-1;;;;+2/p-2. The molecule has 0 amide bonds. The molecule has 0 nitrogen and oxygen atoms in total. The van der Waals surface area contributed by atoms with E-state index in [1.165, 1.54) is 43.8 Å². The van der Waals surface area contributed by atoms with Crippen molar-refractivity contribution < 1.29 is 47.8 Å². The van der Waals surface area contributed by atoms with E-state index in [1.807, 2.05) is 0 Å². The van der Waals surface area contributed by atoms with Crippen molar-refractivity contribution in [1.29, 1.82) is 0 Å². The van der Waals surface area contributed by atoms with Gasteiger partial charge in [-0.05, 0) is 12.8 Å². The van der Waals surface area contributed by atoms with Gasteiger partial charge in [0.15, 0.2) is 0 Å². The first-order valence-corrected chi connectivity index (χ1v) is 19.3. The molecule has 176 valence electrons. The fraction of sp³-hybridized carbons (Fsp3) is 0.379. The molecule has 4 aromatic rings. The van der Waals surface area contributed by atoms with Crippen molar-refractivity contribution in [3.05, 3.63) is 82.9 Å². The number of rotatable bonds is 4. The van der Waals surface area contributed by atoms with E-state index in [0.717, 1.165) is 25.7 Å². The van der Waals surface area contributed by atoms with Gasteiger partial charge in [0.2, 0.25) is 0 Å². The topological polar surface area (TPSA) is 0 Å². The summed E-state index contributed by atoms with van der Waals surface area (Å²) < 4.78 is 0. The SMILES string of the molecule is CCc1ccc(CC)c2[cH-]ccc12.CCc1ccc(CC)c2[cH-]ccc12.[Cl-].[Cl-].[Hf+2]=[Si]1CCC1. The average Bonchev–Trinajstić information content (AvgIpc) is 3.47. The third-order valence-corrected chi connectivity index (χ3v) is 13.8. The summed E-state index contributed by atoms with van der Waals surface area (Å²) in [5.74, 6) is 0. The molecule has 1 aliphatic heterocycles. The third-order valence-electron chi connectivity index (χ3n) is 6.47. The Balaban J connectivity index is 0.000000260. The van der Waals surface area contributed by atoms with Crippen LogP contribution in [-0.2, 0) is 48.7 Å². The molecule has 0 aliphatic carbocycles. The molecule has 5 rings (SSSR count). The van der Waals surface area contributed by atoms with Crippen molar-refractivity contribution in [3.8, 4) is 0 Å². The van der Waals surface area contributed by atoms with Crippen molar-refractivity contribution in [1.82, 2.24) is 0 Å². The molecule has 1 heterocycles. The zero-order valence-corrected chi connectivity index (χ0v) is 26.6. The van der Waals surface area contributed by atoms with Crippen LogP contribution in [0, 0.1) is 0 Å². The Labute approximate surface area is 228 Å². The van der Waals surface area contributed by atoms with E-state index in [1.54, 1.807) is 41.5 Å². The predicted molar refractivity (Wildman–Crippen MR) is 137 cm³/mol. The molecule has 0 N–H and O–H groups in total. The molecule has 0 aromatic heterocycles. The molecule has 4 heteroatoms. The minimum atomic E-state index is 0. The van der Waals surface area contributed by atoms with Crippen LogP contribution in [0.1, 0.15) is 56.4 Å². The number of hydrogen-bond donors (Lipinski definition) is 0. The second kappa shape index (κ2) is 15.3. The fourth-order valence-corrected chi connectivity index (χ4v) is 8.83. The van der Waals surface area contributed by atoms with E-state index in [4.69, 9.17) is 0 Å². The summed E-state index contributed by atoms with van der Waals surface area (Å²) in [5, 5.41) is 5.78. The summed E-state index contributed by atoms with van der Waals surface area (Å²) >= 11 is 1.56. The van der Waals surface area contributed by atoms with Crippen molar-refractivity contribution in [2.24, 2.45) is 0 Å². The number of benzene rings is 2. The van der Waals surface area contributed by atoms with Crippen LogP contribution in [0.25, 0.3) is 21.5 Å². The van der Waals surface area contributed by atoms with Gasteiger partial charge in [0.1, 0.15) is 0 Å². The molecule has 0 bridgehead atoms. The molecule has 0 spiro atoms. The fourth-order valence-electron chi connectivity index (χ4n) is 4.31. The van der Waals surface area contributed by atoms with Crippen molar-refractivity contribution >= 4 is 27.0 Å². The number of hydrogen-bond acceptors (Lipinski definition) is 0. The average molecular weight is 662 g/mol. The molecular weight excluding hydrogens is 626 g/mol. The van der Waals surface area contributed by atoms with Gasteiger partial charge < -0.3 is 24.8 Å². The Morgan fingerprint density at radius 2 is 0.970 bits per heavy atom. The second-order valence-electron chi connectivity index (χ2n) is 8.35. The molecule has 1 aliphatic rings. The summed E-state index contributed by atoms with van der Waals surface area (Å²) in [7, 11) is 0. The first kappa shape index (κ1) is 30.4. The zero-order chi connectivity index (χ0) is 22.2. The molecule has 0 atom stereocenters. The number of halogens is 2. The molecule has 1 fully saturated rings. The maximum atomic E-state index is 2.27. The summed E-state index contributed by atoms with van der Waals surface area (Å²) in [5.41, 5.74) is 6.32. The Kier molecular flexibility index (Phi) is 14.1. The Morgan fingerprint density at radius 1 is 0.636 bits per heavy atom. The van der Waals surface area contributed by atoms with Gasteiger partial charge in [-0.1, -0.05) is 63.8 Å². The van der Waals surface area contributed by atoms with Crippen molar-refractivity contribution in [3.63, 3.8) is 0 Å². The molecule has 33 heavy (non-hydrogen) atoms. The van der Waals surface area contributed by atoms with Gasteiger partial charge in [-0.15, -0.1) is 56.9 Å². The number of aryl methyl sites for hydroxylation is 4. The third kappa shape index (κ3) is 7.66. The van der Waals surface area contributed by atoms with E-state index in [0.29, 0.717) is 5.49 Å². The van der Waals surface area contributed by atoms with Crippen LogP contribution in [0.3, 0.4) is 0 Å². The summed E-state index contributed by atoms with van der Waals surface area (Å²) in [6.45, 7) is 8.86. The summed E-state index contributed by atoms with van der Waals surface area (Å²) in [6, 6.07) is 25.6. The Hall–Kier alpha value is -0.673. The van der Waals surface area contributed by atoms with Crippen LogP contribution < -0.4 is 24.8 Å². The van der Waals surface area contributed by atoms with Crippen LogP contribution in [0.15, 0.2) is 60.7 Å². The molecule has 4 aromatic carbocycles. The van der Waals surface area contributed by atoms with Crippen LogP contribution in [-0.4, -0.2) is 5.49 Å². The minimum absolute atomic E-state index is 0. The van der Waals surface area contributed by atoms with Crippen LogP contribution >= 0.6 is 0 Å². The van der Waals surface area contributed by atoms with Gasteiger partial charge in [-0.3, -0.25) is 0 Å². The quantitative estimate of drug-likeness (QED) is 0.233. The van der Waals surface area contributed by atoms with Gasteiger partial charge in [0.05, 0.1) is 0 Å². The number of fused-ring (bicyclic) bond motifs is 2. The van der Waals surface area contributed by atoms with Crippen LogP contribution in [0.5, 0.6) is 0 Å². The maximum absolute atomic E-state index is 2.27. The molecule has 0 saturated carbocycles. The molecule has 0 unspecified atom stereocenters.